The summed E-state index contributed by atoms with van der Waals surface area (Å²) in [5.41, 5.74) is 6.40. The number of carbonyl (C=O) groups is 1. The molecule has 1 aromatic carbocycles. The van der Waals surface area contributed by atoms with E-state index in [2.05, 4.69) is 0 Å². The van der Waals surface area contributed by atoms with Gasteiger partial charge in [-0.15, -0.1) is 0 Å². The van der Waals surface area contributed by atoms with Crippen LogP contribution in [0.25, 0.3) is 0 Å². The molecule has 104 valence electrons. The molecule has 1 aromatic rings. The SMILES string of the molecule is C[C@H](c1ccccc1F)N(C)C(=O)[C@@H]1CC[C@H](N)C1. The Hall–Kier alpha value is -1.42. The second-order valence-electron chi connectivity index (χ2n) is 5.42. The molecule has 0 saturated heterocycles. The highest BCUT2D eigenvalue weighted by atomic mass is 19.1. The lowest BCUT2D eigenvalue weighted by Crippen LogP contribution is -2.35. The Bertz CT molecular complexity index is 463. The van der Waals surface area contributed by atoms with Gasteiger partial charge in [0.05, 0.1) is 6.04 Å². The molecule has 0 heterocycles. The molecule has 1 saturated carbocycles. The van der Waals surface area contributed by atoms with E-state index in [-0.39, 0.29) is 29.7 Å². The van der Waals surface area contributed by atoms with Crippen molar-refractivity contribution < 1.29 is 9.18 Å². The summed E-state index contributed by atoms with van der Waals surface area (Å²) in [6, 6.07) is 6.47. The zero-order valence-corrected chi connectivity index (χ0v) is 11.5. The largest absolute Gasteiger partial charge is 0.339 e. The fraction of sp³-hybridized carbons (Fsp3) is 0.533. The van der Waals surface area contributed by atoms with Crippen molar-refractivity contribution >= 4 is 5.91 Å². The second kappa shape index (κ2) is 5.70. The summed E-state index contributed by atoms with van der Waals surface area (Å²) in [6.45, 7) is 1.85. The predicted octanol–water partition coefficient (Wildman–Crippen LogP) is 2.47. The Labute approximate surface area is 113 Å². The zero-order chi connectivity index (χ0) is 14.0. The number of carbonyl (C=O) groups excluding carboxylic acids is 1. The van der Waals surface area contributed by atoms with Crippen molar-refractivity contribution in [2.75, 3.05) is 7.05 Å². The molecule has 1 amide bonds. The highest BCUT2D eigenvalue weighted by Crippen LogP contribution is 2.29. The number of hydrogen-bond donors (Lipinski definition) is 1. The minimum atomic E-state index is -0.266. The lowest BCUT2D eigenvalue weighted by molar-refractivity contribution is -0.136. The molecule has 1 fully saturated rings. The summed E-state index contributed by atoms with van der Waals surface area (Å²) in [4.78, 5) is 14.0. The Morgan fingerprint density at radius 2 is 2.11 bits per heavy atom. The lowest BCUT2D eigenvalue weighted by Gasteiger charge is -2.28. The molecule has 4 heteroatoms. The maximum absolute atomic E-state index is 13.7. The molecule has 0 radical (unpaired) electrons. The quantitative estimate of drug-likeness (QED) is 0.911. The predicted molar refractivity (Wildman–Crippen MR) is 72.9 cm³/mol. The minimum Gasteiger partial charge on any atom is -0.339 e. The van der Waals surface area contributed by atoms with E-state index in [0.717, 1.165) is 19.3 Å². The third-order valence-electron chi connectivity index (χ3n) is 4.11. The Balaban J connectivity index is 2.09. The Kier molecular flexibility index (Phi) is 4.20. The number of benzene rings is 1. The Morgan fingerprint density at radius 1 is 1.42 bits per heavy atom. The lowest BCUT2D eigenvalue weighted by atomic mass is 10.0. The number of hydrogen-bond acceptors (Lipinski definition) is 2. The number of rotatable bonds is 3. The summed E-state index contributed by atoms with van der Waals surface area (Å²) in [7, 11) is 1.74. The summed E-state index contributed by atoms with van der Waals surface area (Å²) in [6.07, 6.45) is 2.49. The average molecular weight is 264 g/mol. The number of halogens is 1. The van der Waals surface area contributed by atoms with Crippen LogP contribution in [0.5, 0.6) is 0 Å². The van der Waals surface area contributed by atoms with Crippen LogP contribution >= 0.6 is 0 Å². The molecule has 2 N–H and O–H groups in total. The molecule has 0 bridgehead atoms. The van der Waals surface area contributed by atoms with Crippen LogP contribution in [0.15, 0.2) is 24.3 Å². The average Bonchev–Trinajstić information content (AvgIpc) is 2.83. The first-order chi connectivity index (χ1) is 9.00. The monoisotopic (exact) mass is 264 g/mol. The first kappa shape index (κ1) is 14.0. The van der Waals surface area contributed by atoms with Gasteiger partial charge in [0.15, 0.2) is 0 Å². The van der Waals surface area contributed by atoms with Crippen LogP contribution < -0.4 is 5.73 Å². The highest BCUT2D eigenvalue weighted by molar-refractivity contribution is 5.79. The van der Waals surface area contributed by atoms with Crippen molar-refractivity contribution in [1.82, 2.24) is 4.90 Å². The summed E-state index contributed by atoms with van der Waals surface area (Å²) in [5, 5.41) is 0. The number of nitrogens with two attached hydrogens (primary N) is 1. The molecule has 3 nitrogen and oxygen atoms in total. The molecule has 0 aromatic heterocycles. The van der Waals surface area contributed by atoms with Gasteiger partial charge in [-0.25, -0.2) is 4.39 Å². The van der Waals surface area contributed by atoms with Crippen LogP contribution in [-0.4, -0.2) is 23.9 Å². The van der Waals surface area contributed by atoms with Gasteiger partial charge < -0.3 is 10.6 Å². The molecular formula is C15H21FN2O. The molecule has 2 rings (SSSR count). The molecule has 19 heavy (non-hydrogen) atoms. The molecule has 0 spiro atoms. The second-order valence-corrected chi connectivity index (χ2v) is 5.42. The van der Waals surface area contributed by atoms with Crippen molar-refractivity contribution in [3.05, 3.63) is 35.6 Å². The first-order valence-electron chi connectivity index (χ1n) is 6.77. The van der Waals surface area contributed by atoms with Gasteiger partial charge in [-0.05, 0) is 32.3 Å². The molecule has 0 aliphatic heterocycles. The smallest absolute Gasteiger partial charge is 0.225 e. The summed E-state index contributed by atoms with van der Waals surface area (Å²) < 4.78 is 13.7. The van der Waals surface area contributed by atoms with E-state index < -0.39 is 0 Å². The number of amides is 1. The molecule has 1 aliphatic carbocycles. The maximum atomic E-state index is 13.7. The van der Waals surface area contributed by atoms with Gasteiger partial charge in [-0.1, -0.05) is 18.2 Å². The van der Waals surface area contributed by atoms with Crippen molar-refractivity contribution in [3.63, 3.8) is 0 Å². The van der Waals surface area contributed by atoms with Gasteiger partial charge >= 0.3 is 0 Å². The van der Waals surface area contributed by atoms with E-state index in [4.69, 9.17) is 5.73 Å². The standard InChI is InChI=1S/C15H21FN2O/c1-10(13-5-3-4-6-14(13)16)18(2)15(19)11-7-8-12(17)9-11/h3-6,10-12H,7-9,17H2,1-2H3/t10-,11-,12+/m1/s1. The topological polar surface area (TPSA) is 46.3 Å². The fourth-order valence-electron chi connectivity index (χ4n) is 2.74. The van der Waals surface area contributed by atoms with Crippen LogP contribution in [0.4, 0.5) is 4.39 Å². The highest BCUT2D eigenvalue weighted by Gasteiger charge is 2.31. The van der Waals surface area contributed by atoms with Gasteiger partial charge in [-0.2, -0.15) is 0 Å². The van der Waals surface area contributed by atoms with Crippen molar-refractivity contribution in [2.24, 2.45) is 11.7 Å². The van der Waals surface area contributed by atoms with E-state index in [1.807, 2.05) is 6.92 Å². The van der Waals surface area contributed by atoms with Crippen LogP contribution in [0.1, 0.15) is 37.8 Å². The van der Waals surface area contributed by atoms with Crippen LogP contribution in [0.2, 0.25) is 0 Å². The van der Waals surface area contributed by atoms with E-state index >= 15 is 0 Å². The van der Waals surface area contributed by atoms with Crippen LogP contribution in [0.3, 0.4) is 0 Å². The summed E-state index contributed by atoms with van der Waals surface area (Å²) in [5.74, 6) is -0.198. The molecular weight excluding hydrogens is 243 g/mol. The van der Waals surface area contributed by atoms with Gasteiger partial charge in [0.25, 0.3) is 0 Å². The fourth-order valence-corrected chi connectivity index (χ4v) is 2.74. The van der Waals surface area contributed by atoms with E-state index in [1.165, 1.54) is 6.07 Å². The number of nitrogens with zero attached hydrogens (tertiary/aromatic N) is 1. The van der Waals surface area contributed by atoms with E-state index in [1.54, 1.807) is 30.1 Å². The Morgan fingerprint density at radius 3 is 2.68 bits per heavy atom. The van der Waals surface area contributed by atoms with Gasteiger partial charge in [0.1, 0.15) is 5.82 Å². The van der Waals surface area contributed by atoms with Gasteiger partial charge in [0, 0.05) is 24.6 Å². The maximum Gasteiger partial charge on any atom is 0.225 e. The van der Waals surface area contributed by atoms with Gasteiger partial charge in [0.2, 0.25) is 5.91 Å². The molecule has 1 aliphatic rings. The minimum absolute atomic E-state index is 0.00535. The van der Waals surface area contributed by atoms with Crippen molar-refractivity contribution in [1.29, 1.82) is 0 Å². The van der Waals surface area contributed by atoms with Crippen LogP contribution in [-0.2, 0) is 4.79 Å². The van der Waals surface area contributed by atoms with Crippen molar-refractivity contribution in [3.8, 4) is 0 Å². The van der Waals surface area contributed by atoms with Crippen LogP contribution in [0, 0.1) is 11.7 Å². The molecule has 0 unspecified atom stereocenters. The first-order valence-corrected chi connectivity index (χ1v) is 6.77. The summed E-state index contributed by atoms with van der Waals surface area (Å²) >= 11 is 0. The third-order valence-corrected chi connectivity index (χ3v) is 4.11. The normalized spacial score (nSPS) is 24.2. The van der Waals surface area contributed by atoms with Crippen molar-refractivity contribution in [2.45, 2.75) is 38.3 Å². The molecule has 3 atom stereocenters. The van der Waals surface area contributed by atoms with Gasteiger partial charge in [-0.3, -0.25) is 4.79 Å². The third kappa shape index (κ3) is 2.95. The zero-order valence-electron chi connectivity index (χ0n) is 11.5. The van der Waals surface area contributed by atoms with E-state index in [9.17, 15) is 9.18 Å². The van der Waals surface area contributed by atoms with E-state index in [0.29, 0.717) is 5.56 Å².